The predicted octanol–water partition coefficient (Wildman–Crippen LogP) is 2.55. The van der Waals surface area contributed by atoms with E-state index in [1.807, 2.05) is 0 Å². The molecule has 8 heteroatoms. The topological polar surface area (TPSA) is 69.7 Å². The molecule has 0 unspecified atom stereocenters. The van der Waals surface area contributed by atoms with Crippen LogP contribution in [0, 0.1) is 11.6 Å². The zero-order chi connectivity index (χ0) is 19.8. The molecule has 0 spiro atoms. The van der Waals surface area contributed by atoms with Crippen molar-refractivity contribution in [1.29, 1.82) is 0 Å². The summed E-state index contributed by atoms with van der Waals surface area (Å²) in [6.45, 7) is 0.0266. The van der Waals surface area contributed by atoms with Crippen LogP contribution in [0.15, 0.2) is 42.5 Å². The van der Waals surface area contributed by atoms with Crippen LogP contribution in [0.1, 0.15) is 23.2 Å². The molecule has 0 aliphatic carbocycles. The van der Waals surface area contributed by atoms with Crippen molar-refractivity contribution in [1.82, 2.24) is 4.90 Å². The first-order chi connectivity index (χ1) is 13.4. The molecule has 0 aromatic heterocycles. The van der Waals surface area contributed by atoms with Crippen molar-refractivity contribution in [2.24, 2.45) is 0 Å². The van der Waals surface area contributed by atoms with Gasteiger partial charge in [0.25, 0.3) is 5.91 Å². The first-order valence-corrected chi connectivity index (χ1v) is 8.91. The van der Waals surface area contributed by atoms with Gasteiger partial charge in [0.2, 0.25) is 11.8 Å². The Bertz CT molecular complexity index is 979. The quantitative estimate of drug-likeness (QED) is 0.883. The average molecular weight is 385 g/mol. The van der Waals surface area contributed by atoms with Crippen LogP contribution in [0.3, 0.4) is 0 Å². The number of carbonyl (C=O) groups is 3. The first-order valence-electron chi connectivity index (χ1n) is 8.91. The van der Waals surface area contributed by atoms with Crippen LogP contribution in [0.25, 0.3) is 0 Å². The van der Waals surface area contributed by atoms with Crippen molar-refractivity contribution in [3.63, 3.8) is 0 Å². The fraction of sp³-hybridized carbons (Fsp3) is 0.250. The Balaban J connectivity index is 1.67. The van der Waals surface area contributed by atoms with E-state index in [1.54, 1.807) is 0 Å². The van der Waals surface area contributed by atoms with Crippen LogP contribution in [0.5, 0.6) is 0 Å². The number of nitrogens with one attached hydrogen (secondary N) is 1. The number of amides is 3. The van der Waals surface area contributed by atoms with Crippen molar-refractivity contribution in [3.05, 3.63) is 59.7 Å². The Morgan fingerprint density at radius 1 is 1.11 bits per heavy atom. The second-order valence-electron chi connectivity index (χ2n) is 6.80. The molecule has 1 N–H and O–H groups in total. The predicted molar refractivity (Wildman–Crippen MR) is 97.8 cm³/mol. The van der Waals surface area contributed by atoms with Crippen molar-refractivity contribution >= 4 is 29.1 Å². The molecular formula is C20H17F2N3O3. The molecular weight excluding hydrogens is 368 g/mol. The lowest BCUT2D eigenvalue weighted by molar-refractivity contribution is -0.124. The number of anilines is 2. The number of rotatable bonds is 3. The number of nitrogens with zero attached hydrogens (tertiary/aromatic N) is 2. The van der Waals surface area contributed by atoms with E-state index in [-0.39, 0.29) is 22.8 Å². The number of benzene rings is 2. The van der Waals surface area contributed by atoms with Crippen molar-refractivity contribution in [2.45, 2.75) is 18.9 Å². The Morgan fingerprint density at radius 2 is 1.89 bits per heavy atom. The van der Waals surface area contributed by atoms with Crippen LogP contribution in [-0.2, 0) is 9.59 Å². The van der Waals surface area contributed by atoms with E-state index in [4.69, 9.17) is 0 Å². The average Bonchev–Trinajstić information content (AvgIpc) is 3.12. The highest BCUT2D eigenvalue weighted by atomic mass is 19.1. The molecule has 2 aromatic rings. The molecule has 2 aliphatic heterocycles. The second kappa shape index (κ2) is 7.03. The summed E-state index contributed by atoms with van der Waals surface area (Å²) in [7, 11) is 0. The van der Waals surface area contributed by atoms with Gasteiger partial charge in [-0.3, -0.25) is 14.4 Å². The highest BCUT2D eigenvalue weighted by Gasteiger charge is 2.42. The van der Waals surface area contributed by atoms with Gasteiger partial charge >= 0.3 is 0 Å². The minimum absolute atomic E-state index is 0.0683. The van der Waals surface area contributed by atoms with Gasteiger partial charge in [-0.1, -0.05) is 6.07 Å². The second-order valence-corrected chi connectivity index (χ2v) is 6.80. The van der Waals surface area contributed by atoms with Crippen molar-refractivity contribution < 1.29 is 23.2 Å². The molecule has 1 atom stereocenters. The maximum atomic E-state index is 13.9. The Labute approximate surface area is 159 Å². The van der Waals surface area contributed by atoms with Gasteiger partial charge in [0.1, 0.15) is 24.2 Å². The van der Waals surface area contributed by atoms with Gasteiger partial charge in [-0.25, -0.2) is 8.78 Å². The molecule has 0 saturated carbocycles. The van der Waals surface area contributed by atoms with Crippen molar-refractivity contribution in [3.8, 4) is 0 Å². The third kappa shape index (κ3) is 3.21. The van der Waals surface area contributed by atoms with E-state index < -0.39 is 36.0 Å². The van der Waals surface area contributed by atoms with Gasteiger partial charge in [-0.2, -0.15) is 0 Å². The number of hydrogen-bond acceptors (Lipinski definition) is 3. The summed E-state index contributed by atoms with van der Waals surface area (Å²) < 4.78 is 27.2. The highest BCUT2D eigenvalue weighted by molar-refractivity contribution is 6.13. The van der Waals surface area contributed by atoms with Gasteiger partial charge in [-0.05, 0) is 49.2 Å². The normalized spacial score (nSPS) is 18.6. The van der Waals surface area contributed by atoms with Crippen LogP contribution in [-0.4, -0.2) is 41.8 Å². The molecule has 1 saturated heterocycles. The van der Waals surface area contributed by atoms with E-state index >= 15 is 0 Å². The molecule has 3 amide bonds. The summed E-state index contributed by atoms with van der Waals surface area (Å²) in [4.78, 5) is 41.0. The van der Waals surface area contributed by atoms with E-state index in [1.165, 1.54) is 29.2 Å². The number of hydrogen-bond donors (Lipinski definition) is 1. The molecule has 4 rings (SSSR count). The third-order valence-corrected chi connectivity index (χ3v) is 4.96. The van der Waals surface area contributed by atoms with Gasteiger partial charge in [0.05, 0.1) is 11.3 Å². The zero-order valence-corrected chi connectivity index (χ0v) is 14.8. The molecule has 1 fully saturated rings. The lowest BCUT2D eigenvalue weighted by atomic mass is 10.1. The highest BCUT2D eigenvalue weighted by Crippen LogP contribution is 2.32. The van der Waals surface area contributed by atoms with Crippen LogP contribution in [0.2, 0.25) is 0 Å². The fourth-order valence-corrected chi connectivity index (χ4v) is 3.70. The Kier molecular flexibility index (Phi) is 4.54. The van der Waals surface area contributed by atoms with Gasteiger partial charge in [0.15, 0.2) is 0 Å². The van der Waals surface area contributed by atoms with Gasteiger partial charge in [-0.15, -0.1) is 0 Å². The molecule has 2 aromatic carbocycles. The fourth-order valence-electron chi connectivity index (χ4n) is 3.70. The SMILES string of the molecule is O=C(CN1C(=O)[C@H]2CCCN2C(=O)c2ccc(F)cc21)Nc1cccc(F)c1. The first kappa shape index (κ1) is 18.1. The molecule has 6 nitrogen and oxygen atoms in total. The van der Waals surface area contributed by atoms with Crippen LogP contribution >= 0.6 is 0 Å². The zero-order valence-electron chi connectivity index (χ0n) is 14.8. The molecule has 0 radical (unpaired) electrons. The molecule has 28 heavy (non-hydrogen) atoms. The minimum atomic E-state index is -0.676. The molecule has 2 heterocycles. The minimum Gasteiger partial charge on any atom is -0.327 e. The lowest BCUT2D eigenvalue weighted by Gasteiger charge is -2.25. The number of fused-ring (bicyclic) bond motifs is 2. The maximum Gasteiger partial charge on any atom is 0.256 e. The molecule has 0 bridgehead atoms. The van der Waals surface area contributed by atoms with E-state index in [0.717, 1.165) is 23.1 Å². The summed E-state index contributed by atoms with van der Waals surface area (Å²) in [5.74, 6) is -2.48. The summed E-state index contributed by atoms with van der Waals surface area (Å²) in [6, 6.07) is 8.25. The summed E-state index contributed by atoms with van der Waals surface area (Å²) in [5, 5.41) is 2.52. The standard InChI is InChI=1S/C20H17F2N3O3/c21-12-3-1-4-14(9-12)23-18(26)11-25-17-10-13(22)6-7-15(17)19(27)24-8-2-5-16(24)20(25)28/h1,3-4,6-7,9-10,16H,2,5,8,11H2,(H,23,26)/t16-/m1/s1. The Hall–Kier alpha value is -3.29. The van der Waals surface area contributed by atoms with E-state index in [2.05, 4.69) is 5.32 Å². The monoisotopic (exact) mass is 385 g/mol. The number of halogens is 2. The maximum absolute atomic E-state index is 13.9. The number of carbonyl (C=O) groups excluding carboxylic acids is 3. The lowest BCUT2D eigenvalue weighted by Crippen LogP contribution is -2.47. The summed E-state index contributed by atoms with van der Waals surface area (Å²) >= 11 is 0. The molecule has 2 aliphatic rings. The Morgan fingerprint density at radius 3 is 2.68 bits per heavy atom. The van der Waals surface area contributed by atoms with Crippen molar-refractivity contribution in [2.75, 3.05) is 23.3 Å². The van der Waals surface area contributed by atoms with E-state index in [9.17, 15) is 23.2 Å². The van der Waals surface area contributed by atoms with E-state index in [0.29, 0.717) is 19.4 Å². The van der Waals surface area contributed by atoms with Gasteiger partial charge in [0, 0.05) is 12.2 Å². The smallest absolute Gasteiger partial charge is 0.256 e. The largest absolute Gasteiger partial charge is 0.327 e. The van der Waals surface area contributed by atoms with Crippen LogP contribution < -0.4 is 10.2 Å². The van der Waals surface area contributed by atoms with Gasteiger partial charge < -0.3 is 15.1 Å². The summed E-state index contributed by atoms with van der Waals surface area (Å²) in [5.41, 5.74) is 0.488. The third-order valence-electron chi connectivity index (χ3n) is 4.96. The molecule has 144 valence electrons. The summed E-state index contributed by atoms with van der Waals surface area (Å²) in [6.07, 6.45) is 1.17. The van der Waals surface area contributed by atoms with Crippen LogP contribution in [0.4, 0.5) is 20.2 Å².